The molecule has 0 aliphatic carbocycles. The number of nitrogens with one attached hydrogen (secondary N) is 1. The van der Waals surface area contributed by atoms with Crippen LogP contribution in [0.25, 0.3) is 0 Å². The second-order valence-electron chi connectivity index (χ2n) is 4.22. The standard InChI is InChI=1S/C14H13ClN2O2/c1-10(16-13-6-4-12(15)5-7-13)11-2-8-14(9-3-11)17(18)19/h2-10,16H,1H3. The van der Waals surface area contributed by atoms with Crippen molar-refractivity contribution < 1.29 is 4.92 Å². The van der Waals surface area contributed by atoms with E-state index >= 15 is 0 Å². The van der Waals surface area contributed by atoms with Gasteiger partial charge in [0.2, 0.25) is 0 Å². The number of non-ortho nitro benzene ring substituents is 1. The first-order chi connectivity index (χ1) is 9.06. The van der Waals surface area contributed by atoms with Crippen LogP contribution >= 0.6 is 11.6 Å². The van der Waals surface area contributed by atoms with E-state index in [1.54, 1.807) is 12.1 Å². The lowest BCUT2D eigenvalue weighted by molar-refractivity contribution is -0.384. The lowest BCUT2D eigenvalue weighted by Gasteiger charge is -2.15. The summed E-state index contributed by atoms with van der Waals surface area (Å²) in [6.07, 6.45) is 0. The van der Waals surface area contributed by atoms with Crippen molar-refractivity contribution in [2.24, 2.45) is 0 Å². The average molecular weight is 277 g/mol. The van der Waals surface area contributed by atoms with E-state index < -0.39 is 4.92 Å². The number of rotatable bonds is 4. The van der Waals surface area contributed by atoms with Gasteiger partial charge in [-0.25, -0.2) is 0 Å². The van der Waals surface area contributed by atoms with Crippen molar-refractivity contribution in [2.45, 2.75) is 13.0 Å². The van der Waals surface area contributed by atoms with Crippen molar-refractivity contribution in [3.63, 3.8) is 0 Å². The Morgan fingerprint density at radius 3 is 2.21 bits per heavy atom. The number of nitro benzene ring substituents is 1. The molecule has 0 bridgehead atoms. The zero-order valence-corrected chi connectivity index (χ0v) is 11.1. The minimum atomic E-state index is -0.402. The monoisotopic (exact) mass is 276 g/mol. The number of anilines is 1. The molecule has 5 heteroatoms. The van der Waals surface area contributed by atoms with E-state index in [1.807, 2.05) is 31.2 Å². The van der Waals surface area contributed by atoms with Gasteiger partial charge in [-0.2, -0.15) is 0 Å². The Morgan fingerprint density at radius 1 is 1.11 bits per heavy atom. The molecule has 2 aromatic rings. The van der Waals surface area contributed by atoms with Crippen LogP contribution in [0.3, 0.4) is 0 Å². The molecule has 0 aliphatic heterocycles. The van der Waals surface area contributed by atoms with E-state index in [1.165, 1.54) is 12.1 Å². The van der Waals surface area contributed by atoms with E-state index in [2.05, 4.69) is 5.32 Å². The number of hydrogen-bond acceptors (Lipinski definition) is 3. The molecule has 1 N–H and O–H groups in total. The van der Waals surface area contributed by atoms with Gasteiger partial charge in [-0.05, 0) is 36.8 Å². The van der Waals surface area contributed by atoms with Crippen LogP contribution in [0.15, 0.2) is 48.5 Å². The van der Waals surface area contributed by atoms with Gasteiger partial charge in [0.1, 0.15) is 0 Å². The maximum Gasteiger partial charge on any atom is 0.269 e. The van der Waals surface area contributed by atoms with Crippen LogP contribution in [0.4, 0.5) is 11.4 Å². The first-order valence-corrected chi connectivity index (χ1v) is 6.20. The molecule has 0 spiro atoms. The summed E-state index contributed by atoms with van der Waals surface area (Å²) in [6.45, 7) is 2.00. The van der Waals surface area contributed by atoms with Gasteiger partial charge in [0.05, 0.1) is 4.92 Å². The van der Waals surface area contributed by atoms with Crippen molar-refractivity contribution in [2.75, 3.05) is 5.32 Å². The summed E-state index contributed by atoms with van der Waals surface area (Å²) in [5.41, 5.74) is 2.04. The molecule has 0 saturated heterocycles. The first-order valence-electron chi connectivity index (χ1n) is 5.83. The molecule has 0 heterocycles. The molecule has 19 heavy (non-hydrogen) atoms. The normalized spacial score (nSPS) is 11.9. The molecular weight excluding hydrogens is 264 g/mol. The van der Waals surface area contributed by atoms with Crippen LogP contribution in [0.2, 0.25) is 5.02 Å². The quantitative estimate of drug-likeness (QED) is 0.664. The number of nitrogens with zero attached hydrogens (tertiary/aromatic N) is 1. The van der Waals surface area contributed by atoms with Gasteiger partial charge in [-0.3, -0.25) is 10.1 Å². The predicted molar refractivity (Wildman–Crippen MR) is 76.6 cm³/mol. The second-order valence-corrected chi connectivity index (χ2v) is 4.66. The topological polar surface area (TPSA) is 55.2 Å². The molecule has 2 aromatic carbocycles. The molecule has 0 amide bonds. The second kappa shape index (κ2) is 5.71. The average Bonchev–Trinajstić information content (AvgIpc) is 2.41. The Labute approximate surface area is 116 Å². The summed E-state index contributed by atoms with van der Waals surface area (Å²) in [5, 5.41) is 14.6. The minimum absolute atomic E-state index is 0.0574. The zero-order chi connectivity index (χ0) is 13.8. The zero-order valence-electron chi connectivity index (χ0n) is 10.3. The first kappa shape index (κ1) is 13.4. The summed E-state index contributed by atoms with van der Waals surface area (Å²) in [6, 6.07) is 14.0. The highest BCUT2D eigenvalue weighted by Gasteiger charge is 2.08. The van der Waals surface area contributed by atoms with E-state index in [4.69, 9.17) is 11.6 Å². The lowest BCUT2D eigenvalue weighted by Crippen LogP contribution is -2.06. The summed E-state index contributed by atoms with van der Waals surface area (Å²) in [4.78, 5) is 10.2. The van der Waals surface area contributed by atoms with E-state index in [9.17, 15) is 10.1 Å². The van der Waals surface area contributed by atoms with Gasteiger partial charge in [0.25, 0.3) is 5.69 Å². The fourth-order valence-corrected chi connectivity index (χ4v) is 1.89. The highest BCUT2D eigenvalue weighted by molar-refractivity contribution is 6.30. The van der Waals surface area contributed by atoms with Crippen LogP contribution < -0.4 is 5.32 Å². The van der Waals surface area contributed by atoms with Gasteiger partial charge in [0.15, 0.2) is 0 Å². The molecule has 0 saturated carbocycles. The SMILES string of the molecule is CC(Nc1ccc(Cl)cc1)c1ccc([N+](=O)[O-])cc1. The number of hydrogen-bond donors (Lipinski definition) is 1. The third-order valence-corrected chi connectivity index (χ3v) is 3.08. The fourth-order valence-electron chi connectivity index (χ4n) is 1.76. The molecule has 1 atom stereocenters. The predicted octanol–water partition coefficient (Wildman–Crippen LogP) is 4.42. The Balaban J connectivity index is 2.09. The maximum atomic E-state index is 10.6. The summed E-state index contributed by atoms with van der Waals surface area (Å²) in [5.74, 6) is 0. The van der Waals surface area contributed by atoms with Crippen molar-refractivity contribution in [1.29, 1.82) is 0 Å². The summed E-state index contributed by atoms with van der Waals surface area (Å²) >= 11 is 5.82. The Bertz CT molecular complexity index is 567. The van der Waals surface area contributed by atoms with E-state index in [0.717, 1.165) is 11.3 Å². The van der Waals surface area contributed by atoms with Gasteiger partial charge < -0.3 is 5.32 Å². The van der Waals surface area contributed by atoms with Gasteiger partial charge >= 0.3 is 0 Å². The highest BCUT2D eigenvalue weighted by atomic mass is 35.5. The van der Waals surface area contributed by atoms with Crippen molar-refractivity contribution in [1.82, 2.24) is 0 Å². The van der Waals surface area contributed by atoms with E-state index in [-0.39, 0.29) is 11.7 Å². The molecule has 0 radical (unpaired) electrons. The van der Waals surface area contributed by atoms with Gasteiger partial charge in [-0.15, -0.1) is 0 Å². The van der Waals surface area contributed by atoms with Crippen LogP contribution in [-0.2, 0) is 0 Å². The molecule has 2 rings (SSSR count). The van der Waals surface area contributed by atoms with E-state index in [0.29, 0.717) is 5.02 Å². The maximum absolute atomic E-state index is 10.6. The molecule has 0 aromatic heterocycles. The van der Waals surface area contributed by atoms with Crippen molar-refractivity contribution in [3.05, 3.63) is 69.2 Å². The van der Waals surface area contributed by atoms with Crippen molar-refractivity contribution in [3.8, 4) is 0 Å². The van der Waals surface area contributed by atoms with Crippen molar-refractivity contribution >= 4 is 23.0 Å². The molecule has 0 aliphatic rings. The highest BCUT2D eigenvalue weighted by Crippen LogP contribution is 2.22. The summed E-state index contributed by atoms with van der Waals surface area (Å²) < 4.78 is 0. The summed E-state index contributed by atoms with van der Waals surface area (Å²) in [7, 11) is 0. The third kappa shape index (κ3) is 3.45. The fraction of sp³-hybridized carbons (Fsp3) is 0.143. The lowest BCUT2D eigenvalue weighted by atomic mass is 10.1. The molecule has 1 unspecified atom stereocenters. The van der Waals surface area contributed by atoms with Crippen LogP contribution in [0.1, 0.15) is 18.5 Å². The number of benzene rings is 2. The number of nitro groups is 1. The Kier molecular flexibility index (Phi) is 4.02. The van der Waals surface area contributed by atoms with Crippen LogP contribution in [0, 0.1) is 10.1 Å². The van der Waals surface area contributed by atoms with Gasteiger partial charge in [0, 0.05) is 28.9 Å². The van der Waals surface area contributed by atoms with Crippen LogP contribution in [-0.4, -0.2) is 4.92 Å². The smallest absolute Gasteiger partial charge is 0.269 e. The number of halogens is 1. The molecular formula is C14H13ClN2O2. The molecule has 4 nitrogen and oxygen atoms in total. The molecule has 98 valence electrons. The Hall–Kier alpha value is -2.07. The Morgan fingerprint density at radius 2 is 1.68 bits per heavy atom. The largest absolute Gasteiger partial charge is 0.379 e. The van der Waals surface area contributed by atoms with Crippen LogP contribution in [0.5, 0.6) is 0 Å². The van der Waals surface area contributed by atoms with Gasteiger partial charge in [-0.1, -0.05) is 23.7 Å². The molecule has 0 fully saturated rings. The minimum Gasteiger partial charge on any atom is -0.379 e. The third-order valence-electron chi connectivity index (χ3n) is 2.83.